The summed E-state index contributed by atoms with van der Waals surface area (Å²) in [6.07, 6.45) is 2.48. The summed E-state index contributed by atoms with van der Waals surface area (Å²) < 4.78 is 3.86. The van der Waals surface area contributed by atoms with Gasteiger partial charge in [-0.05, 0) is 94.2 Å². The Balaban J connectivity index is 1.49. The molecule has 4 rings (SSSR count). The van der Waals surface area contributed by atoms with Crippen molar-refractivity contribution in [2.24, 2.45) is 0 Å². The van der Waals surface area contributed by atoms with Crippen molar-refractivity contribution in [1.82, 2.24) is 14.5 Å². The smallest absolute Gasteiger partial charge is 0.324 e. The number of halogens is 2. The number of nitrogens with one attached hydrogen (secondary N) is 2. The summed E-state index contributed by atoms with van der Waals surface area (Å²) in [7, 11) is 0. The number of carbonyl (C=O) groups is 1. The van der Waals surface area contributed by atoms with Crippen LogP contribution in [0.4, 0.5) is 10.5 Å². The number of aromatic nitrogens is 2. The highest BCUT2D eigenvalue weighted by Crippen LogP contribution is 2.28. The number of rotatable bonds is 2. The van der Waals surface area contributed by atoms with Crippen LogP contribution >= 0.6 is 38.5 Å². The van der Waals surface area contributed by atoms with Gasteiger partial charge in [-0.15, -0.1) is 0 Å². The first kappa shape index (κ1) is 19.5. The molecule has 8 heteroatoms. The predicted molar refractivity (Wildman–Crippen MR) is 123 cm³/mol. The van der Waals surface area contributed by atoms with Crippen molar-refractivity contribution < 1.29 is 4.79 Å². The average molecular weight is 555 g/mol. The Hall–Kier alpha value is -1.81. The van der Waals surface area contributed by atoms with Crippen molar-refractivity contribution >= 4 is 61.3 Å². The van der Waals surface area contributed by atoms with Gasteiger partial charge in [0.15, 0.2) is 0 Å². The lowest BCUT2D eigenvalue weighted by atomic mass is 10.1. The summed E-state index contributed by atoms with van der Waals surface area (Å²) in [6, 6.07) is 13.6. The molecule has 1 aliphatic rings. The first-order chi connectivity index (χ1) is 13.5. The van der Waals surface area contributed by atoms with Gasteiger partial charge in [0.25, 0.3) is 0 Å². The molecule has 1 unspecified atom stereocenters. The Morgan fingerprint density at radius 2 is 1.93 bits per heavy atom. The number of hydrogen-bond donors (Lipinski definition) is 2. The summed E-state index contributed by atoms with van der Waals surface area (Å²) in [5.41, 5.74) is 2.43. The molecule has 2 N–H and O–H groups in total. The predicted octanol–water partition coefficient (Wildman–Crippen LogP) is 4.96. The van der Waals surface area contributed by atoms with Crippen LogP contribution in [0.1, 0.15) is 25.3 Å². The lowest BCUT2D eigenvalue weighted by molar-refractivity contribution is 0.213. The van der Waals surface area contributed by atoms with Gasteiger partial charge < -0.3 is 15.2 Å². The number of likely N-dealkylation sites (tertiary alicyclic amines) is 1. The van der Waals surface area contributed by atoms with Crippen molar-refractivity contribution in [1.29, 1.82) is 0 Å². The Morgan fingerprint density at radius 3 is 2.71 bits per heavy atom. The molecule has 2 amide bonds. The number of nitrogens with zero attached hydrogens (tertiary/aromatic N) is 2. The monoisotopic (exact) mass is 554 g/mol. The zero-order valence-corrected chi connectivity index (χ0v) is 18.9. The summed E-state index contributed by atoms with van der Waals surface area (Å²) >= 11 is 5.74. The molecule has 28 heavy (non-hydrogen) atoms. The fourth-order valence-corrected chi connectivity index (χ4v) is 4.57. The van der Waals surface area contributed by atoms with Gasteiger partial charge in [0.1, 0.15) is 0 Å². The van der Waals surface area contributed by atoms with Crippen molar-refractivity contribution in [3.05, 3.63) is 61.0 Å². The number of amides is 2. The minimum Gasteiger partial charge on any atom is -0.324 e. The lowest BCUT2D eigenvalue weighted by Crippen LogP contribution is -2.36. The van der Waals surface area contributed by atoms with Gasteiger partial charge in [-0.25, -0.2) is 9.59 Å². The number of hydrogen-bond acceptors (Lipinski definition) is 2. The van der Waals surface area contributed by atoms with Gasteiger partial charge in [0, 0.05) is 32.9 Å². The van der Waals surface area contributed by atoms with Gasteiger partial charge in [0.05, 0.1) is 11.0 Å². The molecule has 1 saturated heterocycles. The third-order valence-electron chi connectivity index (χ3n) is 5.15. The van der Waals surface area contributed by atoms with E-state index in [1.54, 1.807) is 0 Å². The van der Waals surface area contributed by atoms with Crippen LogP contribution in [0.2, 0.25) is 0 Å². The lowest BCUT2D eigenvalue weighted by Gasteiger charge is -2.21. The zero-order chi connectivity index (χ0) is 19.7. The standard InChI is InChI=1S/C20H20BrIN4O2/c21-16-4-1-5-17-18(16)24-20(28)26(17)15-3-2-11-25(12-10-15)19(27)23-14-8-6-13(22)7-9-14/h1,4-9,15H,2-3,10-12H2,(H,23,27)(H,24,28). The number of carbonyl (C=O) groups excluding carboxylic acids is 1. The van der Waals surface area contributed by atoms with Crippen molar-refractivity contribution in [2.45, 2.75) is 25.3 Å². The minimum atomic E-state index is -0.0938. The second-order valence-corrected chi connectivity index (χ2v) is 9.04. The van der Waals surface area contributed by atoms with Crippen LogP contribution in [0.25, 0.3) is 11.0 Å². The third-order valence-corrected chi connectivity index (χ3v) is 6.53. The van der Waals surface area contributed by atoms with Crippen LogP contribution in [0.3, 0.4) is 0 Å². The number of benzene rings is 2. The van der Waals surface area contributed by atoms with Crippen LogP contribution in [0, 0.1) is 3.57 Å². The van der Waals surface area contributed by atoms with Crippen LogP contribution in [-0.4, -0.2) is 33.6 Å². The van der Waals surface area contributed by atoms with Crippen LogP contribution in [-0.2, 0) is 0 Å². The minimum absolute atomic E-state index is 0.0756. The number of fused-ring (bicyclic) bond motifs is 1. The normalized spacial score (nSPS) is 17.5. The highest BCUT2D eigenvalue weighted by Gasteiger charge is 2.24. The first-order valence-electron chi connectivity index (χ1n) is 9.23. The molecule has 2 aromatic carbocycles. The number of anilines is 1. The van der Waals surface area contributed by atoms with E-state index in [4.69, 9.17) is 0 Å². The molecule has 3 aromatic rings. The van der Waals surface area contributed by atoms with E-state index in [1.165, 1.54) is 0 Å². The summed E-state index contributed by atoms with van der Waals surface area (Å²) in [5, 5.41) is 2.97. The van der Waals surface area contributed by atoms with Gasteiger partial charge in [0.2, 0.25) is 0 Å². The Labute approximate surface area is 184 Å². The molecule has 0 bridgehead atoms. The Bertz CT molecular complexity index is 1060. The van der Waals surface area contributed by atoms with E-state index >= 15 is 0 Å². The molecule has 0 saturated carbocycles. The van der Waals surface area contributed by atoms with Gasteiger partial charge >= 0.3 is 11.7 Å². The SMILES string of the molecule is O=C(Nc1ccc(I)cc1)N1CCCC(n2c(=O)[nH]c3c(Br)cccc32)CC1. The zero-order valence-electron chi connectivity index (χ0n) is 15.1. The summed E-state index contributed by atoms with van der Waals surface area (Å²) in [5.74, 6) is 0. The maximum absolute atomic E-state index is 12.7. The maximum atomic E-state index is 12.7. The largest absolute Gasteiger partial charge is 0.326 e. The molecule has 0 radical (unpaired) electrons. The van der Waals surface area contributed by atoms with Gasteiger partial charge in [-0.3, -0.25) is 4.57 Å². The topological polar surface area (TPSA) is 70.1 Å². The molecule has 1 atom stereocenters. The first-order valence-corrected chi connectivity index (χ1v) is 11.1. The van der Waals surface area contributed by atoms with Gasteiger partial charge in [-0.2, -0.15) is 0 Å². The molecule has 146 valence electrons. The molecule has 1 aliphatic heterocycles. The van der Waals surface area contributed by atoms with Crippen LogP contribution in [0.5, 0.6) is 0 Å². The van der Waals surface area contributed by atoms with E-state index in [9.17, 15) is 9.59 Å². The fourth-order valence-electron chi connectivity index (χ4n) is 3.75. The molecule has 0 aliphatic carbocycles. The molecule has 0 spiro atoms. The number of para-hydroxylation sites is 1. The number of imidazole rings is 1. The van der Waals surface area contributed by atoms with Crippen molar-refractivity contribution in [3.63, 3.8) is 0 Å². The van der Waals surface area contributed by atoms with E-state index in [0.29, 0.717) is 13.1 Å². The summed E-state index contributed by atoms with van der Waals surface area (Å²) in [4.78, 5) is 30.0. The van der Waals surface area contributed by atoms with Crippen LogP contribution in [0.15, 0.2) is 51.7 Å². The molecular weight excluding hydrogens is 535 g/mol. The van der Waals surface area contributed by atoms with E-state index in [1.807, 2.05) is 51.9 Å². The van der Waals surface area contributed by atoms with E-state index < -0.39 is 0 Å². The molecule has 1 fully saturated rings. The average Bonchev–Trinajstić information content (AvgIpc) is 2.86. The third kappa shape index (κ3) is 3.98. The number of urea groups is 1. The Morgan fingerprint density at radius 1 is 1.14 bits per heavy atom. The highest BCUT2D eigenvalue weighted by atomic mass is 127. The molecule has 1 aromatic heterocycles. The molecule has 2 heterocycles. The van der Waals surface area contributed by atoms with E-state index in [-0.39, 0.29) is 17.8 Å². The fraction of sp³-hybridized carbons (Fsp3) is 0.300. The number of aromatic amines is 1. The molecule has 6 nitrogen and oxygen atoms in total. The quantitative estimate of drug-likeness (QED) is 0.440. The highest BCUT2D eigenvalue weighted by molar-refractivity contribution is 14.1. The van der Waals surface area contributed by atoms with E-state index in [0.717, 1.165) is 44.0 Å². The number of H-pyrrole nitrogens is 1. The summed E-state index contributed by atoms with van der Waals surface area (Å²) in [6.45, 7) is 1.31. The second-order valence-electron chi connectivity index (χ2n) is 6.94. The van der Waals surface area contributed by atoms with Crippen LogP contribution < -0.4 is 11.0 Å². The van der Waals surface area contributed by atoms with Crippen molar-refractivity contribution in [2.75, 3.05) is 18.4 Å². The van der Waals surface area contributed by atoms with E-state index in [2.05, 4.69) is 48.8 Å². The maximum Gasteiger partial charge on any atom is 0.326 e. The second kappa shape index (κ2) is 8.28. The van der Waals surface area contributed by atoms with Gasteiger partial charge in [-0.1, -0.05) is 6.07 Å². The molecular formula is C20H20BrIN4O2. The Kier molecular flexibility index (Phi) is 5.77. The van der Waals surface area contributed by atoms with Crippen molar-refractivity contribution in [3.8, 4) is 0 Å².